The third kappa shape index (κ3) is 4.90. The van der Waals surface area contributed by atoms with Crippen molar-refractivity contribution in [1.29, 1.82) is 0 Å². The summed E-state index contributed by atoms with van der Waals surface area (Å²) in [5.74, 6) is 1.93. The summed E-state index contributed by atoms with van der Waals surface area (Å²) < 4.78 is 11.4. The van der Waals surface area contributed by atoms with Crippen molar-refractivity contribution in [2.24, 2.45) is 0 Å². The molecule has 2 aromatic rings. The average molecular weight is 414 g/mol. The van der Waals surface area contributed by atoms with Crippen molar-refractivity contribution in [2.45, 2.75) is 6.61 Å². The van der Waals surface area contributed by atoms with Crippen molar-refractivity contribution < 1.29 is 14.3 Å². The highest BCUT2D eigenvalue weighted by atomic mass is 79.9. The maximum atomic E-state index is 11.8. The Labute approximate surface area is 152 Å². The van der Waals surface area contributed by atoms with E-state index in [9.17, 15) is 4.79 Å². The minimum absolute atomic E-state index is 0.116. The van der Waals surface area contributed by atoms with Gasteiger partial charge in [0.1, 0.15) is 6.61 Å². The van der Waals surface area contributed by atoms with Crippen LogP contribution < -0.4 is 4.74 Å². The first-order valence-corrected chi connectivity index (χ1v) is 8.03. The first-order chi connectivity index (χ1) is 11.0. The van der Waals surface area contributed by atoms with Gasteiger partial charge in [-0.25, -0.2) is 4.79 Å². The van der Waals surface area contributed by atoms with Gasteiger partial charge >= 0.3 is 5.97 Å². The first-order valence-electron chi connectivity index (χ1n) is 6.48. The molecule has 3 nitrogen and oxygen atoms in total. The fraction of sp³-hybridized carbons (Fsp3) is 0.118. The van der Waals surface area contributed by atoms with Crippen LogP contribution in [0.15, 0.2) is 40.9 Å². The summed E-state index contributed by atoms with van der Waals surface area (Å²) in [5, 5.41) is 0.445. The Balaban J connectivity index is 2.14. The number of hydrogen-bond donors (Lipinski definition) is 0. The molecule has 118 valence electrons. The smallest absolute Gasteiger partial charge is 0.339 e. The molecule has 0 saturated heterocycles. The average Bonchev–Trinajstić information content (AvgIpc) is 2.51. The van der Waals surface area contributed by atoms with Crippen molar-refractivity contribution >= 4 is 45.1 Å². The highest BCUT2D eigenvalue weighted by Gasteiger charge is 2.15. The zero-order chi connectivity index (χ0) is 16.8. The summed E-state index contributed by atoms with van der Waals surface area (Å²) in [7, 11) is 0. The molecular formula is C17H11BrCl2O3. The third-order valence-electron chi connectivity index (χ3n) is 2.79. The molecule has 2 aromatic carbocycles. The predicted molar refractivity (Wildman–Crippen MR) is 94.1 cm³/mol. The van der Waals surface area contributed by atoms with Crippen LogP contribution in [0.2, 0.25) is 10.0 Å². The molecule has 0 aliphatic rings. The molecule has 0 aliphatic heterocycles. The number of halogens is 3. The van der Waals surface area contributed by atoms with Crippen LogP contribution >= 0.6 is 39.1 Å². The Bertz CT molecular complexity index is 746. The lowest BCUT2D eigenvalue weighted by Crippen LogP contribution is -2.06. The van der Waals surface area contributed by atoms with Crippen molar-refractivity contribution in [3.8, 4) is 18.1 Å². The number of benzene rings is 2. The normalized spacial score (nSPS) is 10.0. The summed E-state index contributed by atoms with van der Waals surface area (Å²) >= 11 is 15.7. The van der Waals surface area contributed by atoms with Gasteiger partial charge in [-0.05, 0) is 29.8 Å². The van der Waals surface area contributed by atoms with Gasteiger partial charge in [0, 0.05) is 4.47 Å². The van der Waals surface area contributed by atoms with Gasteiger partial charge in [0.15, 0.2) is 12.4 Å². The van der Waals surface area contributed by atoms with Gasteiger partial charge in [0.05, 0.1) is 15.6 Å². The molecule has 2 rings (SSSR count). The van der Waals surface area contributed by atoms with E-state index in [2.05, 4.69) is 21.9 Å². The van der Waals surface area contributed by atoms with Crippen molar-refractivity contribution in [3.63, 3.8) is 0 Å². The van der Waals surface area contributed by atoms with Gasteiger partial charge in [-0.15, -0.1) is 6.42 Å². The standard InChI is InChI=1S/C17H11BrCl2O3/c1-2-6-22-17(21)12-8-14(19)16(15(20)9-12)23-10-11-4-3-5-13(18)7-11/h1,3-5,7-9H,6,10H2. The van der Waals surface area contributed by atoms with Crippen LogP contribution in [0.5, 0.6) is 5.75 Å². The number of terminal acetylenes is 1. The second kappa shape index (κ2) is 8.26. The molecule has 0 saturated carbocycles. The van der Waals surface area contributed by atoms with E-state index in [0.29, 0.717) is 12.4 Å². The topological polar surface area (TPSA) is 35.5 Å². The maximum Gasteiger partial charge on any atom is 0.339 e. The van der Waals surface area contributed by atoms with Crippen LogP contribution in [-0.4, -0.2) is 12.6 Å². The second-order valence-corrected chi connectivity index (χ2v) is 6.20. The number of rotatable bonds is 5. The molecule has 0 aliphatic carbocycles. The summed E-state index contributed by atoms with van der Waals surface area (Å²) in [6, 6.07) is 10.5. The minimum Gasteiger partial charge on any atom is -0.486 e. The quantitative estimate of drug-likeness (QED) is 0.503. The van der Waals surface area contributed by atoms with Crippen LogP contribution in [0.1, 0.15) is 15.9 Å². The lowest BCUT2D eigenvalue weighted by molar-refractivity contribution is 0.0556. The van der Waals surface area contributed by atoms with Crippen molar-refractivity contribution in [1.82, 2.24) is 0 Å². The molecule has 0 fully saturated rings. The van der Waals surface area contributed by atoms with Crippen molar-refractivity contribution in [2.75, 3.05) is 6.61 Å². The molecule has 0 radical (unpaired) electrons. The molecule has 0 N–H and O–H groups in total. The summed E-state index contributed by atoms with van der Waals surface area (Å²) in [6.07, 6.45) is 5.04. The second-order valence-electron chi connectivity index (χ2n) is 4.47. The fourth-order valence-corrected chi connectivity index (χ4v) is 2.83. The number of carbonyl (C=O) groups is 1. The molecule has 0 unspecified atom stereocenters. The van der Waals surface area contributed by atoms with Crippen LogP contribution in [0.4, 0.5) is 0 Å². The Hall–Kier alpha value is -1.67. The van der Waals surface area contributed by atoms with Crippen LogP contribution in [0, 0.1) is 12.3 Å². The highest BCUT2D eigenvalue weighted by molar-refractivity contribution is 9.10. The predicted octanol–water partition coefficient (Wildman–Crippen LogP) is 5.12. The van der Waals surface area contributed by atoms with E-state index in [4.69, 9.17) is 39.1 Å². The van der Waals surface area contributed by atoms with E-state index in [1.165, 1.54) is 12.1 Å². The molecular weight excluding hydrogens is 403 g/mol. The highest BCUT2D eigenvalue weighted by Crippen LogP contribution is 2.35. The zero-order valence-corrected chi connectivity index (χ0v) is 14.9. The Morgan fingerprint density at radius 2 is 1.91 bits per heavy atom. The van der Waals surface area contributed by atoms with Gasteiger partial charge in [-0.1, -0.05) is 57.2 Å². The molecule has 0 atom stereocenters. The molecule has 0 spiro atoms. The van der Waals surface area contributed by atoms with E-state index in [1.54, 1.807) is 0 Å². The van der Waals surface area contributed by atoms with E-state index < -0.39 is 5.97 Å². The van der Waals surface area contributed by atoms with E-state index in [1.807, 2.05) is 24.3 Å². The number of carbonyl (C=O) groups excluding carboxylic acids is 1. The zero-order valence-electron chi connectivity index (χ0n) is 11.8. The third-order valence-corrected chi connectivity index (χ3v) is 3.85. The maximum absolute atomic E-state index is 11.8. The SMILES string of the molecule is C#CCOC(=O)c1cc(Cl)c(OCc2cccc(Br)c2)c(Cl)c1. The molecule has 23 heavy (non-hydrogen) atoms. The molecule has 0 bridgehead atoms. The lowest BCUT2D eigenvalue weighted by Gasteiger charge is -2.12. The summed E-state index contributed by atoms with van der Waals surface area (Å²) in [5.41, 5.74) is 1.16. The van der Waals surface area contributed by atoms with Gasteiger partial charge < -0.3 is 9.47 Å². The van der Waals surface area contributed by atoms with Crippen molar-refractivity contribution in [3.05, 3.63) is 62.0 Å². The van der Waals surface area contributed by atoms with Gasteiger partial charge in [-0.2, -0.15) is 0 Å². The van der Waals surface area contributed by atoms with Crippen LogP contribution in [0.3, 0.4) is 0 Å². The van der Waals surface area contributed by atoms with E-state index >= 15 is 0 Å². The molecule has 6 heteroatoms. The molecule has 0 amide bonds. The number of ether oxygens (including phenoxy) is 2. The fourth-order valence-electron chi connectivity index (χ4n) is 1.79. The molecule has 0 aromatic heterocycles. The number of esters is 1. The largest absolute Gasteiger partial charge is 0.486 e. The van der Waals surface area contributed by atoms with E-state index in [-0.39, 0.29) is 22.2 Å². The summed E-state index contributed by atoms with van der Waals surface area (Å²) in [6.45, 7) is 0.176. The van der Waals surface area contributed by atoms with Gasteiger partial charge in [0.2, 0.25) is 0 Å². The van der Waals surface area contributed by atoms with Gasteiger partial charge in [-0.3, -0.25) is 0 Å². The van der Waals surface area contributed by atoms with Crippen LogP contribution in [-0.2, 0) is 11.3 Å². The monoisotopic (exact) mass is 412 g/mol. The van der Waals surface area contributed by atoms with Crippen LogP contribution in [0.25, 0.3) is 0 Å². The minimum atomic E-state index is -0.592. The Morgan fingerprint density at radius 3 is 2.52 bits per heavy atom. The Kier molecular flexibility index (Phi) is 6.35. The Morgan fingerprint density at radius 1 is 1.22 bits per heavy atom. The lowest BCUT2D eigenvalue weighted by atomic mass is 10.2. The van der Waals surface area contributed by atoms with E-state index in [0.717, 1.165) is 10.0 Å². The number of hydrogen-bond acceptors (Lipinski definition) is 3. The summed E-state index contributed by atoms with van der Waals surface area (Å²) in [4.78, 5) is 11.8. The molecule has 0 heterocycles. The van der Waals surface area contributed by atoms with Gasteiger partial charge in [0.25, 0.3) is 0 Å². The first kappa shape index (κ1) is 17.7.